The molecule has 94 valence electrons. The van der Waals surface area contributed by atoms with Gasteiger partial charge in [0.1, 0.15) is 0 Å². The van der Waals surface area contributed by atoms with Crippen LogP contribution >= 0.6 is 0 Å². The fourth-order valence-corrected chi connectivity index (χ4v) is 1.51. The maximum atomic E-state index is 11.1. The van der Waals surface area contributed by atoms with Crippen LogP contribution in [0.2, 0.25) is 0 Å². The standard InChI is InChI=1S/C12H18N2O3/c1-8(2)5-9(3)17-11-7-13-10(6-14-11)12(15)16-4/h6-9H,5H2,1-4H3. The Kier molecular flexibility index (Phi) is 4.87. The number of rotatable bonds is 5. The summed E-state index contributed by atoms with van der Waals surface area (Å²) in [6.07, 6.45) is 3.81. The minimum absolute atomic E-state index is 0.0771. The number of aromatic nitrogens is 2. The van der Waals surface area contributed by atoms with Crippen molar-refractivity contribution in [3.05, 3.63) is 18.1 Å². The van der Waals surface area contributed by atoms with E-state index in [-0.39, 0.29) is 11.8 Å². The smallest absolute Gasteiger partial charge is 0.358 e. The van der Waals surface area contributed by atoms with Crippen LogP contribution in [0.25, 0.3) is 0 Å². The first-order valence-corrected chi connectivity index (χ1v) is 5.60. The highest BCUT2D eigenvalue weighted by atomic mass is 16.5. The molecule has 0 spiro atoms. The molecule has 1 unspecified atom stereocenters. The first-order chi connectivity index (χ1) is 8.02. The van der Waals surface area contributed by atoms with Gasteiger partial charge in [-0.1, -0.05) is 13.8 Å². The van der Waals surface area contributed by atoms with Gasteiger partial charge in [0.2, 0.25) is 5.88 Å². The molecule has 1 aromatic heterocycles. The Morgan fingerprint density at radius 2 is 2.00 bits per heavy atom. The molecule has 0 aliphatic heterocycles. The van der Waals surface area contributed by atoms with Gasteiger partial charge in [-0.15, -0.1) is 0 Å². The van der Waals surface area contributed by atoms with E-state index in [0.717, 1.165) is 6.42 Å². The van der Waals surface area contributed by atoms with Gasteiger partial charge in [0, 0.05) is 0 Å². The van der Waals surface area contributed by atoms with Crippen LogP contribution in [0.5, 0.6) is 5.88 Å². The SMILES string of the molecule is COC(=O)c1cnc(OC(C)CC(C)C)cn1. The summed E-state index contributed by atoms with van der Waals surface area (Å²) in [5, 5.41) is 0. The van der Waals surface area contributed by atoms with Crippen LogP contribution in [0.3, 0.4) is 0 Å². The normalized spacial score (nSPS) is 12.3. The van der Waals surface area contributed by atoms with Crippen molar-refractivity contribution in [2.24, 2.45) is 5.92 Å². The Bertz CT molecular complexity index is 363. The van der Waals surface area contributed by atoms with Crippen LogP contribution in [0.1, 0.15) is 37.7 Å². The summed E-state index contributed by atoms with van der Waals surface area (Å²) in [7, 11) is 1.30. The highest BCUT2D eigenvalue weighted by Crippen LogP contribution is 2.12. The predicted molar refractivity (Wildman–Crippen MR) is 62.9 cm³/mol. The molecular weight excluding hydrogens is 220 g/mol. The van der Waals surface area contributed by atoms with Crippen molar-refractivity contribution in [3.63, 3.8) is 0 Å². The quantitative estimate of drug-likeness (QED) is 0.735. The number of esters is 1. The summed E-state index contributed by atoms with van der Waals surface area (Å²) in [5.74, 6) is 0.484. The number of methoxy groups -OCH3 is 1. The minimum atomic E-state index is -0.501. The summed E-state index contributed by atoms with van der Waals surface area (Å²) in [6.45, 7) is 6.24. The number of carbonyl (C=O) groups excluding carboxylic acids is 1. The molecule has 0 aliphatic carbocycles. The lowest BCUT2D eigenvalue weighted by Gasteiger charge is -2.15. The van der Waals surface area contributed by atoms with E-state index in [0.29, 0.717) is 11.8 Å². The van der Waals surface area contributed by atoms with E-state index < -0.39 is 5.97 Å². The van der Waals surface area contributed by atoms with E-state index in [1.165, 1.54) is 19.5 Å². The third kappa shape index (κ3) is 4.38. The average molecular weight is 238 g/mol. The minimum Gasteiger partial charge on any atom is -0.474 e. The van der Waals surface area contributed by atoms with Crippen molar-refractivity contribution in [1.29, 1.82) is 0 Å². The molecule has 0 N–H and O–H groups in total. The Balaban J connectivity index is 2.59. The molecule has 5 nitrogen and oxygen atoms in total. The summed E-state index contributed by atoms with van der Waals surface area (Å²) in [6, 6.07) is 0. The molecule has 0 bridgehead atoms. The summed E-state index contributed by atoms with van der Waals surface area (Å²) in [4.78, 5) is 19.1. The first-order valence-electron chi connectivity index (χ1n) is 5.60. The van der Waals surface area contributed by atoms with Gasteiger partial charge in [0.25, 0.3) is 0 Å². The summed E-state index contributed by atoms with van der Waals surface area (Å²) >= 11 is 0. The largest absolute Gasteiger partial charge is 0.474 e. The second kappa shape index (κ2) is 6.18. The molecule has 0 amide bonds. The van der Waals surface area contributed by atoms with E-state index in [2.05, 4.69) is 28.6 Å². The molecule has 0 saturated carbocycles. The molecule has 0 aliphatic rings. The van der Waals surface area contributed by atoms with Gasteiger partial charge in [0.05, 0.1) is 25.6 Å². The van der Waals surface area contributed by atoms with Gasteiger partial charge in [0.15, 0.2) is 5.69 Å². The zero-order valence-electron chi connectivity index (χ0n) is 10.6. The van der Waals surface area contributed by atoms with E-state index >= 15 is 0 Å². The van der Waals surface area contributed by atoms with Crippen LogP contribution in [0.15, 0.2) is 12.4 Å². The fraction of sp³-hybridized carbons (Fsp3) is 0.583. The van der Waals surface area contributed by atoms with Crippen molar-refractivity contribution >= 4 is 5.97 Å². The van der Waals surface area contributed by atoms with Crippen molar-refractivity contribution in [2.45, 2.75) is 33.3 Å². The van der Waals surface area contributed by atoms with Crippen molar-refractivity contribution in [2.75, 3.05) is 7.11 Å². The lowest BCUT2D eigenvalue weighted by molar-refractivity contribution is 0.0593. The van der Waals surface area contributed by atoms with Gasteiger partial charge in [-0.3, -0.25) is 0 Å². The van der Waals surface area contributed by atoms with E-state index in [4.69, 9.17) is 4.74 Å². The highest BCUT2D eigenvalue weighted by Gasteiger charge is 2.10. The van der Waals surface area contributed by atoms with Crippen molar-refractivity contribution in [3.8, 4) is 5.88 Å². The molecule has 17 heavy (non-hydrogen) atoms. The predicted octanol–water partition coefficient (Wildman–Crippen LogP) is 2.08. The molecule has 0 saturated heterocycles. The van der Waals surface area contributed by atoms with Gasteiger partial charge in [-0.05, 0) is 19.3 Å². The highest BCUT2D eigenvalue weighted by molar-refractivity contribution is 5.86. The molecule has 0 fully saturated rings. The lowest BCUT2D eigenvalue weighted by Crippen LogP contribution is -2.15. The van der Waals surface area contributed by atoms with Gasteiger partial charge in [-0.25, -0.2) is 14.8 Å². The second-order valence-electron chi connectivity index (χ2n) is 4.29. The number of ether oxygens (including phenoxy) is 2. The Morgan fingerprint density at radius 3 is 2.47 bits per heavy atom. The summed E-state index contributed by atoms with van der Waals surface area (Å²) in [5.41, 5.74) is 0.177. The molecule has 1 heterocycles. The van der Waals surface area contributed by atoms with Crippen LogP contribution < -0.4 is 4.74 Å². The van der Waals surface area contributed by atoms with Gasteiger partial charge >= 0.3 is 5.97 Å². The molecule has 1 atom stereocenters. The molecule has 1 aromatic rings. The molecule has 0 radical (unpaired) electrons. The maximum absolute atomic E-state index is 11.1. The van der Waals surface area contributed by atoms with E-state index in [1.807, 2.05) is 6.92 Å². The maximum Gasteiger partial charge on any atom is 0.358 e. The fourth-order valence-electron chi connectivity index (χ4n) is 1.51. The average Bonchev–Trinajstić information content (AvgIpc) is 2.28. The van der Waals surface area contributed by atoms with Gasteiger partial charge in [-0.2, -0.15) is 0 Å². The van der Waals surface area contributed by atoms with Crippen LogP contribution in [0.4, 0.5) is 0 Å². The summed E-state index contributed by atoms with van der Waals surface area (Å²) < 4.78 is 10.1. The monoisotopic (exact) mass is 238 g/mol. The third-order valence-electron chi connectivity index (χ3n) is 2.15. The zero-order chi connectivity index (χ0) is 12.8. The van der Waals surface area contributed by atoms with Crippen molar-refractivity contribution in [1.82, 2.24) is 9.97 Å². The molecule has 5 heteroatoms. The van der Waals surface area contributed by atoms with Gasteiger partial charge < -0.3 is 9.47 Å². The molecule has 0 aromatic carbocycles. The zero-order valence-corrected chi connectivity index (χ0v) is 10.6. The van der Waals surface area contributed by atoms with Crippen LogP contribution in [-0.4, -0.2) is 29.2 Å². The van der Waals surface area contributed by atoms with Crippen LogP contribution in [-0.2, 0) is 4.74 Å². The number of hydrogen-bond donors (Lipinski definition) is 0. The first kappa shape index (κ1) is 13.4. The third-order valence-corrected chi connectivity index (χ3v) is 2.15. The number of carbonyl (C=O) groups is 1. The van der Waals surface area contributed by atoms with Crippen LogP contribution in [0, 0.1) is 5.92 Å². The lowest BCUT2D eigenvalue weighted by atomic mass is 10.1. The van der Waals surface area contributed by atoms with E-state index in [1.54, 1.807) is 0 Å². The molecule has 1 rings (SSSR count). The number of hydrogen-bond acceptors (Lipinski definition) is 5. The Labute approximate surface area is 101 Å². The topological polar surface area (TPSA) is 61.3 Å². The van der Waals surface area contributed by atoms with Crippen molar-refractivity contribution < 1.29 is 14.3 Å². The molecular formula is C12H18N2O3. The Morgan fingerprint density at radius 1 is 1.29 bits per heavy atom. The number of nitrogens with zero attached hydrogens (tertiary/aromatic N) is 2. The second-order valence-corrected chi connectivity index (χ2v) is 4.29. The Hall–Kier alpha value is -1.65. The van der Waals surface area contributed by atoms with E-state index in [9.17, 15) is 4.79 Å².